The van der Waals surface area contributed by atoms with Crippen molar-refractivity contribution in [2.45, 2.75) is 70.1 Å². The van der Waals surface area contributed by atoms with Gasteiger partial charge in [-0.25, -0.2) is 4.98 Å². The van der Waals surface area contributed by atoms with E-state index < -0.39 is 36.2 Å². The molecule has 2 N–H and O–H groups in total. The van der Waals surface area contributed by atoms with Gasteiger partial charge in [0.15, 0.2) is 0 Å². The zero-order valence-electron chi connectivity index (χ0n) is 21.1. The number of nitrogens with one attached hydrogen (secondary N) is 2. The molecule has 0 bridgehead atoms. The third-order valence-electron chi connectivity index (χ3n) is 6.50. The number of aryl methyl sites for hydroxylation is 1. The van der Waals surface area contributed by atoms with E-state index in [1.807, 2.05) is 45.9 Å². The largest absolute Gasteiger partial charge is 0.481 e. The Balaban J connectivity index is 1.71. The maximum atomic E-state index is 13.3. The van der Waals surface area contributed by atoms with Crippen molar-refractivity contribution >= 4 is 18.9 Å². The molecule has 0 aliphatic carbocycles. The zero-order valence-corrected chi connectivity index (χ0v) is 21.1. The molecule has 35 heavy (non-hydrogen) atoms. The number of carbonyl (C=O) groups excluding carboxylic acids is 2. The van der Waals surface area contributed by atoms with Crippen LogP contribution in [0.15, 0.2) is 48.9 Å². The Bertz CT molecular complexity index is 958. The topological polar surface area (TPSA) is 112 Å². The number of benzene rings is 1. The minimum atomic E-state index is -0.923. The number of methoxy groups -OCH3 is 1. The second-order valence-electron chi connectivity index (χ2n) is 9.69. The number of aromatic nitrogens is 2. The lowest BCUT2D eigenvalue weighted by molar-refractivity contribution is -0.124. The Morgan fingerprint density at radius 2 is 1.74 bits per heavy atom. The van der Waals surface area contributed by atoms with Crippen molar-refractivity contribution in [1.82, 2.24) is 20.6 Å². The Morgan fingerprint density at radius 1 is 1.06 bits per heavy atom. The molecule has 0 unspecified atom stereocenters. The van der Waals surface area contributed by atoms with Crippen LogP contribution in [0.4, 0.5) is 0 Å². The molecule has 1 aliphatic heterocycles. The smallest absolute Gasteiger partial charge is 0.402 e. The third kappa shape index (κ3) is 7.10. The average molecular weight is 482 g/mol. The predicted octanol–water partition coefficient (Wildman–Crippen LogP) is 2.36. The summed E-state index contributed by atoms with van der Waals surface area (Å²) in [5.74, 6) is -1.31. The summed E-state index contributed by atoms with van der Waals surface area (Å²) < 4.78 is 17.7. The lowest BCUT2D eigenvalue weighted by Gasteiger charge is -2.32. The quantitative estimate of drug-likeness (QED) is 0.473. The molecular formula is C25H35BN4O5. The van der Waals surface area contributed by atoms with Gasteiger partial charge in [-0.1, -0.05) is 30.3 Å². The second kappa shape index (κ2) is 11.7. The first-order chi connectivity index (χ1) is 16.6. The summed E-state index contributed by atoms with van der Waals surface area (Å²) >= 11 is 0. The molecule has 1 aromatic heterocycles. The van der Waals surface area contributed by atoms with Gasteiger partial charge < -0.3 is 24.7 Å². The molecule has 10 heteroatoms. The summed E-state index contributed by atoms with van der Waals surface area (Å²) in [6, 6.07) is 9.25. The molecule has 1 saturated heterocycles. The Labute approximate surface area is 207 Å². The van der Waals surface area contributed by atoms with E-state index in [1.54, 1.807) is 0 Å². The standard InChI is InChI=1S/C25H35BN4O5/c1-24(2)25(3,4)35-26(34-24)21(13-9-12-18-10-7-6-8-11-18)30-23(32)20(17-33-5)29-22(31)19-16-27-14-15-28-19/h6-8,10-11,14-16,20-21H,9,12-13,17H2,1-5H3,(H,29,31)(H,30,32)/t20-,21+/m1/s1. The highest BCUT2D eigenvalue weighted by Gasteiger charge is 2.54. The van der Waals surface area contributed by atoms with Crippen LogP contribution < -0.4 is 10.6 Å². The first kappa shape index (κ1) is 26.8. The Morgan fingerprint density at radius 3 is 2.34 bits per heavy atom. The molecule has 1 fully saturated rings. The van der Waals surface area contributed by atoms with Crippen LogP contribution in [-0.2, 0) is 25.3 Å². The van der Waals surface area contributed by atoms with Gasteiger partial charge in [-0.15, -0.1) is 0 Å². The predicted molar refractivity (Wildman–Crippen MR) is 133 cm³/mol. The highest BCUT2D eigenvalue weighted by Crippen LogP contribution is 2.38. The van der Waals surface area contributed by atoms with Gasteiger partial charge in [-0.2, -0.15) is 0 Å². The van der Waals surface area contributed by atoms with E-state index in [4.69, 9.17) is 14.0 Å². The SMILES string of the molecule is COC[C@@H](NC(=O)c1cnccn1)C(=O)N[C@@H](CCCc1ccccc1)B1OC(C)(C)C(C)(C)O1. The highest BCUT2D eigenvalue weighted by molar-refractivity contribution is 6.48. The van der Waals surface area contributed by atoms with Crippen LogP contribution in [0.5, 0.6) is 0 Å². The van der Waals surface area contributed by atoms with Gasteiger partial charge in [0.05, 0.1) is 29.9 Å². The molecule has 188 valence electrons. The Kier molecular flexibility index (Phi) is 8.99. The fourth-order valence-corrected chi connectivity index (χ4v) is 3.78. The normalized spacial score (nSPS) is 18.0. The van der Waals surface area contributed by atoms with Gasteiger partial charge in [0.25, 0.3) is 5.91 Å². The van der Waals surface area contributed by atoms with Gasteiger partial charge in [0.1, 0.15) is 11.7 Å². The summed E-state index contributed by atoms with van der Waals surface area (Å²) in [6.07, 6.45) is 6.54. The third-order valence-corrected chi connectivity index (χ3v) is 6.50. The van der Waals surface area contributed by atoms with E-state index >= 15 is 0 Å². The lowest BCUT2D eigenvalue weighted by atomic mass is 9.75. The molecule has 0 radical (unpaired) electrons. The van der Waals surface area contributed by atoms with Crippen LogP contribution in [0.3, 0.4) is 0 Å². The van der Waals surface area contributed by atoms with Crippen LogP contribution in [-0.4, -0.2) is 65.8 Å². The minimum Gasteiger partial charge on any atom is -0.402 e. The fourth-order valence-electron chi connectivity index (χ4n) is 3.78. The number of carbonyl (C=O) groups is 2. The van der Waals surface area contributed by atoms with Crippen molar-refractivity contribution < 1.29 is 23.6 Å². The summed E-state index contributed by atoms with van der Waals surface area (Å²) in [5.41, 5.74) is 0.269. The summed E-state index contributed by atoms with van der Waals surface area (Å²) in [4.78, 5) is 33.7. The summed E-state index contributed by atoms with van der Waals surface area (Å²) in [6.45, 7) is 7.91. The van der Waals surface area contributed by atoms with Crippen molar-refractivity contribution in [2.24, 2.45) is 0 Å². The first-order valence-electron chi connectivity index (χ1n) is 11.9. The molecule has 2 amide bonds. The molecule has 2 heterocycles. The van der Waals surface area contributed by atoms with Crippen molar-refractivity contribution in [1.29, 1.82) is 0 Å². The van der Waals surface area contributed by atoms with Crippen LogP contribution in [0.25, 0.3) is 0 Å². The molecule has 3 rings (SSSR count). The van der Waals surface area contributed by atoms with Gasteiger partial charge >= 0.3 is 7.12 Å². The molecular weight excluding hydrogens is 447 g/mol. The van der Waals surface area contributed by atoms with Gasteiger partial charge in [-0.05, 0) is 52.5 Å². The van der Waals surface area contributed by atoms with Crippen LogP contribution in [0.1, 0.15) is 56.6 Å². The number of hydrogen-bond donors (Lipinski definition) is 2. The first-order valence-corrected chi connectivity index (χ1v) is 11.9. The molecule has 2 atom stereocenters. The van der Waals surface area contributed by atoms with Gasteiger partial charge in [0, 0.05) is 19.5 Å². The number of amides is 2. The minimum absolute atomic E-state index is 0.00205. The molecule has 1 aliphatic rings. The zero-order chi connectivity index (χ0) is 25.5. The fraction of sp³-hybridized carbons (Fsp3) is 0.520. The molecule has 0 spiro atoms. The van der Waals surface area contributed by atoms with Crippen LogP contribution in [0, 0.1) is 0 Å². The van der Waals surface area contributed by atoms with E-state index in [1.165, 1.54) is 31.3 Å². The van der Waals surface area contributed by atoms with E-state index in [0.717, 1.165) is 12.8 Å². The van der Waals surface area contributed by atoms with Crippen molar-refractivity contribution in [3.05, 3.63) is 60.2 Å². The van der Waals surface area contributed by atoms with Crippen molar-refractivity contribution in [3.63, 3.8) is 0 Å². The average Bonchev–Trinajstić information content (AvgIpc) is 3.05. The monoisotopic (exact) mass is 482 g/mol. The summed E-state index contributed by atoms with van der Waals surface area (Å²) in [5, 5.41) is 5.73. The number of ether oxygens (including phenoxy) is 1. The van der Waals surface area contributed by atoms with E-state index in [9.17, 15) is 9.59 Å². The van der Waals surface area contributed by atoms with Crippen LogP contribution >= 0.6 is 0 Å². The van der Waals surface area contributed by atoms with Crippen molar-refractivity contribution in [3.8, 4) is 0 Å². The molecule has 2 aromatic rings. The highest BCUT2D eigenvalue weighted by atomic mass is 16.7. The number of rotatable bonds is 11. The summed E-state index contributed by atoms with van der Waals surface area (Å²) in [7, 11) is 0.846. The molecule has 9 nitrogen and oxygen atoms in total. The van der Waals surface area contributed by atoms with Crippen LogP contribution in [0.2, 0.25) is 0 Å². The number of nitrogens with zero attached hydrogens (tertiary/aromatic N) is 2. The van der Waals surface area contributed by atoms with Gasteiger partial charge in [-0.3, -0.25) is 14.6 Å². The second-order valence-corrected chi connectivity index (χ2v) is 9.69. The Hall–Kier alpha value is -2.82. The lowest BCUT2D eigenvalue weighted by Crippen LogP contribution is -2.56. The molecule has 0 saturated carbocycles. The number of hydrogen-bond acceptors (Lipinski definition) is 7. The maximum Gasteiger partial charge on any atom is 0.481 e. The molecule has 1 aromatic carbocycles. The van der Waals surface area contributed by atoms with Crippen molar-refractivity contribution in [2.75, 3.05) is 13.7 Å². The maximum absolute atomic E-state index is 13.3. The van der Waals surface area contributed by atoms with Gasteiger partial charge in [0.2, 0.25) is 5.91 Å². The van der Waals surface area contributed by atoms with E-state index in [2.05, 4.69) is 32.7 Å². The van der Waals surface area contributed by atoms with E-state index in [-0.39, 0.29) is 18.2 Å². The van der Waals surface area contributed by atoms with E-state index in [0.29, 0.717) is 6.42 Å².